The van der Waals surface area contributed by atoms with E-state index in [1.165, 1.54) is 6.07 Å². The predicted molar refractivity (Wildman–Crippen MR) is 92.5 cm³/mol. The highest BCUT2D eigenvalue weighted by molar-refractivity contribution is 5.40. The van der Waals surface area contributed by atoms with E-state index in [0.717, 1.165) is 43.9 Å². The van der Waals surface area contributed by atoms with Crippen LogP contribution in [0.15, 0.2) is 42.6 Å². The van der Waals surface area contributed by atoms with Gasteiger partial charge in [-0.2, -0.15) is 18.4 Å². The van der Waals surface area contributed by atoms with Gasteiger partial charge in [-0.1, -0.05) is 18.2 Å². The zero-order valence-electron chi connectivity index (χ0n) is 14.2. The van der Waals surface area contributed by atoms with E-state index in [2.05, 4.69) is 16.0 Å². The molecule has 0 unspecified atom stereocenters. The minimum atomic E-state index is -4.37. The Labute approximate surface area is 150 Å². The first kappa shape index (κ1) is 18.2. The van der Waals surface area contributed by atoms with Crippen LogP contribution in [-0.4, -0.2) is 36.1 Å². The largest absolute Gasteiger partial charge is 0.417 e. The van der Waals surface area contributed by atoms with Crippen LogP contribution in [0.3, 0.4) is 0 Å². The maximum absolute atomic E-state index is 12.7. The Kier molecular flexibility index (Phi) is 5.43. The maximum atomic E-state index is 12.7. The van der Waals surface area contributed by atoms with Gasteiger partial charge in [-0.25, -0.2) is 4.98 Å². The molecule has 2 aromatic rings. The number of aromatic nitrogens is 1. The summed E-state index contributed by atoms with van der Waals surface area (Å²) in [7, 11) is 0. The number of hydrogen-bond acceptors (Lipinski definition) is 4. The summed E-state index contributed by atoms with van der Waals surface area (Å²) in [4.78, 5) is 8.27. The number of nitriles is 1. The summed E-state index contributed by atoms with van der Waals surface area (Å²) in [6, 6.07) is 12.3. The summed E-state index contributed by atoms with van der Waals surface area (Å²) in [5.41, 5.74) is 0.944. The summed E-state index contributed by atoms with van der Waals surface area (Å²) < 4.78 is 38.0. The van der Waals surface area contributed by atoms with E-state index >= 15 is 0 Å². The molecule has 0 amide bonds. The van der Waals surface area contributed by atoms with Crippen LogP contribution in [0.25, 0.3) is 0 Å². The zero-order valence-corrected chi connectivity index (χ0v) is 14.2. The van der Waals surface area contributed by atoms with Gasteiger partial charge in [0.2, 0.25) is 0 Å². The molecular weight excluding hydrogens is 341 g/mol. The number of rotatable bonds is 3. The third kappa shape index (κ3) is 4.33. The Morgan fingerprint density at radius 2 is 1.85 bits per heavy atom. The normalized spacial score (nSPS) is 16.2. The van der Waals surface area contributed by atoms with Crippen LogP contribution in [-0.2, 0) is 12.7 Å². The second-order valence-corrected chi connectivity index (χ2v) is 6.29. The first-order valence-electron chi connectivity index (χ1n) is 8.46. The quantitative estimate of drug-likeness (QED) is 0.837. The van der Waals surface area contributed by atoms with Crippen LogP contribution in [0.1, 0.15) is 23.1 Å². The molecule has 0 radical (unpaired) electrons. The number of pyridine rings is 1. The van der Waals surface area contributed by atoms with E-state index in [1.807, 2.05) is 29.2 Å². The lowest BCUT2D eigenvalue weighted by molar-refractivity contribution is -0.137. The highest BCUT2D eigenvalue weighted by atomic mass is 19.4. The minimum Gasteiger partial charge on any atom is -0.355 e. The van der Waals surface area contributed by atoms with Gasteiger partial charge in [-0.3, -0.25) is 4.90 Å². The Hall–Kier alpha value is -2.59. The zero-order chi connectivity index (χ0) is 18.6. The summed E-state index contributed by atoms with van der Waals surface area (Å²) in [5.74, 6) is 0.567. The number of anilines is 1. The molecule has 2 heterocycles. The molecule has 0 spiro atoms. The number of alkyl halides is 3. The van der Waals surface area contributed by atoms with Gasteiger partial charge >= 0.3 is 6.18 Å². The summed E-state index contributed by atoms with van der Waals surface area (Å²) in [5, 5.41) is 9.21. The molecule has 136 valence electrons. The van der Waals surface area contributed by atoms with Crippen molar-refractivity contribution in [1.82, 2.24) is 9.88 Å². The topological polar surface area (TPSA) is 43.2 Å². The average Bonchev–Trinajstić information content (AvgIpc) is 2.87. The van der Waals surface area contributed by atoms with Gasteiger partial charge in [-0.05, 0) is 30.2 Å². The van der Waals surface area contributed by atoms with E-state index in [-0.39, 0.29) is 0 Å². The number of nitrogens with zero attached hydrogens (tertiary/aromatic N) is 4. The first-order valence-corrected chi connectivity index (χ1v) is 8.46. The molecule has 0 saturated carbocycles. The second kappa shape index (κ2) is 7.75. The van der Waals surface area contributed by atoms with E-state index in [1.54, 1.807) is 0 Å². The average molecular weight is 360 g/mol. The van der Waals surface area contributed by atoms with Crippen molar-refractivity contribution in [2.24, 2.45) is 0 Å². The molecule has 7 heteroatoms. The van der Waals surface area contributed by atoms with Gasteiger partial charge in [0.25, 0.3) is 0 Å². The number of benzene rings is 1. The summed E-state index contributed by atoms with van der Waals surface area (Å²) >= 11 is 0. The van der Waals surface area contributed by atoms with E-state index in [9.17, 15) is 18.4 Å². The lowest BCUT2D eigenvalue weighted by atomic mass is 10.1. The van der Waals surface area contributed by atoms with Crippen LogP contribution in [0.2, 0.25) is 0 Å². The third-order valence-electron chi connectivity index (χ3n) is 4.52. The molecule has 26 heavy (non-hydrogen) atoms. The van der Waals surface area contributed by atoms with Gasteiger partial charge in [0.05, 0.1) is 17.2 Å². The van der Waals surface area contributed by atoms with Gasteiger partial charge in [-0.15, -0.1) is 0 Å². The number of hydrogen-bond donors (Lipinski definition) is 0. The highest BCUT2D eigenvalue weighted by Gasteiger charge is 2.31. The van der Waals surface area contributed by atoms with Crippen LogP contribution in [0.5, 0.6) is 0 Å². The van der Waals surface area contributed by atoms with Crippen molar-refractivity contribution in [3.63, 3.8) is 0 Å². The molecule has 1 aliphatic heterocycles. The van der Waals surface area contributed by atoms with E-state index < -0.39 is 11.7 Å². The van der Waals surface area contributed by atoms with Crippen molar-refractivity contribution in [3.05, 3.63) is 59.3 Å². The molecule has 0 bridgehead atoms. The Morgan fingerprint density at radius 1 is 1.04 bits per heavy atom. The second-order valence-electron chi connectivity index (χ2n) is 6.29. The molecule has 3 rings (SSSR count). The van der Waals surface area contributed by atoms with Crippen molar-refractivity contribution < 1.29 is 13.2 Å². The van der Waals surface area contributed by atoms with Crippen molar-refractivity contribution in [1.29, 1.82) is 5.26 Å². The van der Waals surface area contributed by atoms with Gasteiger partial charge in [0, 0.05) is 38.9 Å². The molecular formula is C19H19F3N4. The predicted octanol–water partition coefficient (Wildman–Crippen LogP) is 3.68. The van der Waals surface area contributed by atoms with Gasteiger partial charge in [0.15, 0.2) is 0 Å². The van der Waals surface area contributed by atoms with Crippen LogP contribution < -0.4 is 4.90 Å². The fourth-order valence-corrected chi connectivity index (χ4v) is 3.11. The van der Waals surface area contributed by atoms with Crippen molar-refractivity contribution >= 4 is 5.82 Å². The molecule has 0 aliphatic carbocycles. The molecule has 0 atom stereocenters. The van der Waals surface area contributed by atoms with Crippen LogP contribution in [0.4, 0.5) is 19.0 Å². The summed E-state index contributed by atoms with van der Waals surface area (Å²) in [6.07, 6.45) is -2.59. The Morgan fingerprint density at radius 3 is 2.54 bits per heavy atom. The molecule has 0 N–H and O–H groups in total. The van der Waals surface area contributed by atoms with Gasteiger partial charge < -0.3 is 4.90 Å². The maximum Gasteiger partial charge on any atom is 0.417 e. The summed E-state index contributed by atoms with van der Waals surface area (Å²) in [6.45, 7) is 3.76. The van der Waals surface area contributed by atoms with Crippen LogP contribution in [0, 0.1) is 11.3 Å². The SMILES string of the molecule is N#Cc1ccccc1CN1CCCN(c2ccc(C(F)(F)F)cn2)CC1. The monoisotopic (exact) mass is 360 g/mol. The van der Waals surface area contributed by atoms with Crippen molar-refractivity contribution in [3.8, 4) is 6.07 Å². The highest BCUT2D eigenvalue weighted by Crippen LogP contribution is 2.29. The van der Waals surface area contributed by atoms with Crippen molar-refractivity contribution in [2.45, 2.75) is 19.1 Å². The molecule has 1 aromatic carbocycles. The lowest BCUT2D eigenvalue weighted by Crippen LogP contribution is -2.31. The Balaban J connectivity index is 1.64. The van der Waals surface area contributed by atoms with E-state index in [4.69, 9.17) is 0 Å². The van der Waals surface area contributed by atoms with E-state index in [0.29, 0.717) is 24.5 Å². The molecule has 4 nitrogen and oxygen atoms in total. The third-order valence-corrected chi connectivity index (χ3v) is 4.52. The fourth-order valence-electron chi connectivity index (χ4n) is 3.11. The molecule has 1 fully saturated rings. The Bertz CT molecular complexity index is 781. The number of halogens is 3. The molecule has 1 saturated heterocycles. The minimum absolute atomic E-state index is 0.567. The smallest absolute Gasteiger partial charge is 0.355 e. The van der Waals surface area contributed by atoms with Crippen molar-refractivity contribution in [2.75, 3.05) is 31.1 Å². The lowest BCUT2D eigenvalue weighted by Gasteiger charge is -2.23. The fraction of sp³-hybridized carbons (Fsp3) is 0.368. The van der Waals surface area contributed by atoms with Crippen LogP contribution >= 0.6 is 0 Å². The standard InChI is InChI=1S/C19H19F3N4/c20-19(21,22)17-6-7-18(24-13-17)26-9-3-8-25(10-11-26)14-16-5-2-1-4-15(16)12-23/h1-2,4-7,13H,3,8-11,14H2. The molecule has 1 aliphatic rings. The first-order chi connectivity index (χ1) is 12.5. The molecule has 1 aromatic heterocycles. The van der Waals surface area contributed by atoms with Gasteiger partial charge in [0.1, 0.15) is 5.82 Å².